The zero-order valence-electron chi connectivity index (χ0n) is 17.1. The molecule has 0 aliphatic carbocycles. The van der Waals surface area contributed by atoms with E-state index in [0.717, 1.165) is 0 Å². The molecule has 4 rings (SSSR count). The summed E-state index contributed by atoms with van der Waals surface area (Å²) in [7, 11) is -3.84. The molecule has 166 valence electrons. The van der Waals surface area contributed by atoms with E-state index in [1.807, 2.05) is 4.90 Å². The molecule has 2 aromatic carbocycles. The highest BCUT2D eigenvalue weighted by molar-refractivity contribution is 7.92. The van der Waals surface area contributed by atoms with Crippen LogP contribution in [-0.2, 0) is 14.8 Å². The van der Waals surface area contributed by atoms with Crippen LogP contribution < -0.4 is 14.9 Å². The van der Waals surface area contributed by atoms with E-state index in [9.17, 15) is 17.6 Å². The Morgan fingerprint density at radius 1 is 0.969 bits per heavy atom. The van der Waals surface area contributed by atoms with Crippen LogP contribution >= 0.6 is 0 Å². The summed E-state index contributed by atoms with van der Waals surface area (Å²) >= 11 is 0. The molecule has 0 radical (unpaired) electrons. The van der Waals surface area contributed by atoms with Gasteiger partial charge in [-0.3, -0.25) is 4.79 Å². The van der Waals surface area contributed by atoms with Crippen molar-refractivity contribution in [3.63, 3.8) is 0 Å². The Labute approximate surface area is 185 Å². The number of carbonyl (C=O) groups is 1. The molecule has 1 fully saturated rings. The number of anilines is 3. The van der Waals surface area contributed by atoms with Gasteiger partial charge in [-0.25, -0.2) is 27.5 Å². The van der Waals surface area contributed by atoms with Crippen LogP contribution in [0.25, 0.3) is 0 Å². The molecule has 0 saturated carbocycles. The summed E-state index contributed by atoms with van der Waals surface area (Å²) in [6.07, 6.45) is 4.08. The minimum absolute atomic E-state index is 0.0217. The molecule has 0 spiro atoms. The lowest BCUT2D eigenvalue weighted by molar-refractivity contribution is -0.120. The lowest BCUT2D eigenvalue weighted by atomic mass is 9.95. The first-order valence-corrected chi connectivity index (χ1v) is 11.6. The van der Waals surface area contributed by atoms with Crippen LogP contribution in [0.5, 0.6) is 0 Å². The van der Waals surface area contributed by atoms with Gasteiger partial charge >= 0.3 is 0 Å². The second-order valence-corrected chi connectivity index (χ2v) is 9.09. The van der Waals surface area contributed by atoms with E-state index in [2.05, 4.69) is 20.0 Å². The number of para-hydroxylation sites is 1. The maximum Gasteiger partial charge on any atom is 0.264 e. The molecular formula is C22H22FN5O3S. The fraction of sp³-hybridized carbons (Fsp3) is 0.227. The Bertz CT molecular complexity index is 1180. The number of nitrogens with one attached hydrogen (secondary N) is 2. The number of rotatable bonds is 6. The molecule has 2 heterocycles. The predicted octanol–water partition coefficient (Wildman–Crippen LogP) is 3.27. The number of hydrogen-bond donors (Lipinski definition) is 2. The summed E-state index contributed by atoms with van der Waals surface area (Å²) < 4.78 is 41.2. The van der Waals surface area contributed by atoms with Crippen molar-refractivity contribution in [3.8, 4) is 0 Å². The van der Waals surface area contributed by atoms with Gasteiger partial charge < -0.3 is 10.2 Å². The number of nitrogens with zero attached hydrogens (tertiary/aromatic N) is 3. The van der Waals surface area contributed by atoms with Gasteiger partial charge in [0.25, 0.3) is 10.0 Å². The third kappa shape index (κ3) is 5.02. The third-order valence-corrected chi connectivity index (χ3v) is 6.63. The van der Waals surface area contributed by atoms with E-state index >= 15 is 0 Å². The van der Waals surface area contributed by atoms with E-state index in [0.29, 0.717) is 37.3 Å². The second-order valence-electron chi connectivity index (χ2n) is 7.40. The number of halogens is 1. The third-order valence-electron chi connectivity index (χ3n) is 5.28. The van der Waals surface area contributed by atoms with Crippen molar-refractivity contribution in [2.45, 2.75) is 17.7 Å². The van der Waals surface area contributed by atoms with E-state index in [1.165, 1.54) is 42.7 Å². The van der Waals surface area contributed by atoms with E-state index in [-0.39, 0.29) is 28.5 Å². The highest BCUT2D eigenvalue weighted by Crippen LogP contribution is 2.26. The van der Waals surface area contributed by atoms with Gasteiger partial charge in [-0.2, -0.15) is 0 Å². The summed E-state index contributed by atoms with van der Waals surface area (Å²) in [5, 5.41) is 2.83. The monoisotopic (exact) mass is 455 g/mol. The van der Waals surface area contributed by atoms with Gasteiger partial charge in [-0.15, -0.1) is 0 Å². The Morgan fingerprint density at radius 2 is 1.62 bits per heavy atom. The average Bonchev–Trinajstić information content (AvgIpc) is 2.80. The molecule has 1 amide bonds. The fourth-order valence-electron chi connectivity index (χ4n) is 3.58. The van der Waals surface area contributed by atoms with E-state index in [1.54, 1.807) is 24.3 Å². The van der Waals surface area contributed by atoms with Crippen molar-refractivity contribution in [1.29, 1.82) is 0 Å². The Morgan fingerprint density at radius 3 is 2.28 bits per heavy atom. The van der Waals surface area contributed by atoms with Gasteiger partial charge in [-0.1, -0.05) is 12.1 Å². The quantitative estimate of drug-likeness (QED) is 0.591. The largest absolute Gasteiger partial charge is 0.369 e. The minimum Gasteiger partial charge on any atom is -0.369 e. The van der Waals surface area contributed by atoms with Gasteiger partial charge in [0.05, 0.1) is 10.6 Å². The van der Waals surface area contributed by atoms with Crippen LogP contribution in [0.2, 0.25) is 0 Å². The molecule has 1 saturated heterocycles. The summed E-state index contributed by atoms with van der Waals surface area (Å²) in [5.74, 6) is -0.617. The van der Waals surface area contributed by atoms with Gasteiger partial charge in [-0.05, 0) is 55.3 Å². The normalized spacial score (nSPS) is 14.7. The summed E-state index contributed by atoms with van der Waals surface area (Å²) in [4.78, 5) is 22.3. The first-order chi connectivity index (χ1) is 15.4. The SMILES string of the molecule is O=C(Nc1ccc(S(=O)(=O)Nc2ncccn2)cc1)C1CCN(c2ccccc2F)CC1. The smallest absolute Gasteiger partial charge is 0.264 e. The number of piperidine rings is 1. The van der Waals surface area contributed by atoms with E-state index in [4.69, 9.17) is 0 Å². The van der Waals surface area contributed by atoms with Crippen molar-refractivity contribution in [2.75, 3.05) is 28.0 Å². The predicted molar refractivity (Wildman–Crippen MR) is 119 cm³/mol. The molecule has 3 aromatic rings. The lowest BCUT2D eigenvalue weighted by Gasteiger charge is -2.33. The molecule has 1 aliphatic heterocycles. The van der Waals surface area contributed by atoms with Crippen LogP contribution in [0.15, 0.2) is 71.9 Å². The number of carbonyl (C=O) groups excluding carboxylic acids is 1. The van der Waals surface area contributed by atoms with E-state index < -0.39 is 10.0 Å². The molecule has 1 aliphatic rings. The van der Waals surface area contributed by atoms with Crippen LogP contribution in [-0.4, -0.2) is 37.4 Å². The Kier molecular flexibility index (Phi) is 6.31. The zero-order chi connectivity index (χ0) is 22.6. The number of hydrogen-bond acceptors (Lipinski definition) is 6. The Hall–Kier alpha value is -3.53. The first-order valence-electron chi connectivity index (χ1n) is 10.1. The number of amides is 1. The molecule has 1 aromatic heterocycles. The average molecular weight is 456 g/mol. The van der Waals surface area contributed by atoms with Crippen molar-refractivity contribution >= 4 is 33.3 Å². The summed E-state index contributed by atoms with van der Waals surface area (Å²) in [6, 6.07) is 14.1. The topological polar surface area (TPSA) is 104 Å². The molecular weight excluding hydrogens is 433 g/mol. The molecule has 32 heavy (non-hydrogen) atoms. The molecule has 10 heteroatoms. The van der Waals surface area contributed by atoms with Crippen molar-refractivity contribution in [2.24, 2.45) is 5.92 Å². The first kappa shape index (κ1) is 21.7. The zero-order valence-corrected chi connectivity index (χ0v) is 17.9. The van der Waals surface area contributed by atoms with Crippen LogP contribution in [0.3, 0.4) is 0 Å². The molecule has 8 nitrogen and oxygen atoms in total. The summed E-state index contributed by atoms with van der Waals surface area (Å²) in [5.41, 5.74) is 1.05. The number of benzene rings is 2. The molecule has 0 unspecified atom stereocenters. The molecule has 2 N–H and O–H groups in total. The van der Waals surface area contributed by atoms with Crippen molar-refractivity contribution in [1.82, 2.24) is 9.97 Å². The van der Waals surface area contributed by atoms with Gasteiger partial charge in [0.15, 0.2) is 0 Å². The fourth-order valence-corrected chi connectivity index (χ4v) is 4.54. The molecule has 0 bridgehead atoms. The maximum absolute atomic E-state index is 14.0. The highest BCUT2D eigenvalue weighted by Gasteiger charge is 2.26. The maximum atomic E-state index is 14.0. The minimum atomic E-state index is -3.84. The van der Waals surface area contributed by atoms with Crippen molar-refractivity contribution in [3.05, 3.63) is 72.8 Å². The van der Waals surface area contributed by atoms with Crippen LogP contribution in [0.1, 0.15) is 12.8 Å². The van der Waals surface area contributed by atoms with Crippen LogP contribution in [0.4, 0.5) is 21.7 Å². The van der Waals surface area contributed by atoms with Crippen molar-refractivity contribution < 1.29 is 17.6 Å². The number of aromatic nitrogens is 2. The lowest BCUT2D eigenvalue weighted by Crippen LogP contribution is -2.38. The summed E-state index contributed by atoms with van der Waals surface area (Å²) in [6.45, 7) is 1.17. The number of sulfonamides is 1. The standard InChI is InChI=1S/C22H22FN5O3S/c23-19-4-1-2-5-20(19)28-14-10-16(11-15-28)21(29)26-17-6-8-18(9-7-17)32(30,31)27-22-24-12-3-13-25-22/h1-9,12-13,16H,10-11,14-15H2,(H,26,29)(H,24,25,27). The highest BCUT2D eigenvalue weighted by atomic mass is 32.2. The van der Waals surface area contributed by atoms with Gasteiger partial charge in [0.2, 0.25) is 11.9 Å². The Balaban J connectivity index is 1.34. The van der Waals surface area contributed by atoms with Gasteiger partial charge in [0.1, 0.15) is 5.82 Å². The second kappa shape index (κ2) is 9.31. The molecule has 0 atom stereocenters. The van der Waals surface area contributed by atoms with Crippen LogP contribution in [0, 0.1) is 11.7 Å². The van der Waals surface area contributed by atoms with Gasteiger partial charge in [0, 0.05) is 37.1 Å².